The fourth-order valence-corrected chi connectivity index (χ4v) is 1.92. The molecule has 0 aliphatic carbocycles. The SMILES string of the molecule is CCCCc1cc2ccccc2nc1Cl. The number of fused-ring (bicyclic) bond motifs is 1. The van der Waals surface area contributed by atoms with E-state index in [1.807, 2.05) is 18.2 Å². The van der Waals surface area contributed by atoms with Crippen LogP contribution in [0.2, 0.25) is 5.15 Å². The Morgan fingerprint density at radius 3 is 2.87 bits per heavy atom. The van der Waals surface area contributed by atoms with E-state index in [1.165, 1.54) is 18.2 Å². The van der Waals surface area contributed by atoms with Crippen molar-refractivity contribution < 1.29 is 0 Å². The predicted molar refractivity (Wildman–Crippen MR) is 65.4 cm³/mol. The van der Waals surface area contributed by atoms with E-state index < -0.39 is 0 Å². The second kappa shape index (κ2) is 4.63. The van der Waals surface area contributed by atoms with E-state index >= 15 is 0 Å². The zero-order chi connectivity index (χ0) is 10.7. The molecule has 78 valence electrons. The van der Waals surface area contributed by atoms with Crippen molar-refractivity contribution in [2.45, 2.75) is 26.2 Å². The maximum atomic E-state index is 6.13. The smallest absolute Gasteiger partial charge is 0.132 e. The molecule has 1 aromatic carbocycles. The summed E-state index contributed by atoms with van der Waals surface area (Å²) in [5, 5.41) is 1.83. The van der Waals surface area contributed by atoms with Crippen LogP contribution in [-0.2, 0) is 6.42 Å². The number of hydrogen-bond donors (Lipinski definition) is 0. The Labute approximate surface area is 95.1 Å². The van der Waals surface area contributed by atoms with Crippen LogP contribution in [0.4, 0.5) is 0 Å². The third-order valence-electron chi connectivity index (χ3n) is 2.55. The first kappa shape index (κ1) is 10.4. The lowest BCUT2D eigenvalue weighted by atomic mass is 10.1. The molecular formula is C13H14ClN. The van der Waals surface area contributed by atoms with Crippen LogP contribution in [0.15, 0.2) is 30.3 Å². The van der Waals surface area contributed by atoms with E-state index in [1.54, 1.807) is 0 Å². The fourth-order valence-electron chi connectivity index (χ4n) is 1.68. The Balaban J connectivity index is 2.43. The van der Waals surface area contributed by atoms with Crippen molar-refractivity contribution in [3.05, 3.63) is 41.0 Å². The Bertz CT molecular complexity index is 465. The molecule has 0 radical (unpaired) electrons. The van der Waals surface area contributed by atoms with Crippen molar-refractivity contribution >= 4 is 22.5 Å². The summed E-state index contributed by atoms with van der Waals surface area (Å²) in [6.07, 6.45) is 3.37. The van der Waals surface area contributed by atoms with E-state index in [2.05, 4.69) is 24.0 Å². The van der Waals surface area contributed by atoms with Crippen molar-refractivity contribution in [3.8, 4) is 0 Å². The zero-order valence-corrected chi connectivity index (χ0v) is 9.59. The minimum atomic E-state index is 0.655. The fraction of sp³-hybridized carbons (Fsp3) is 0.308. The Morgan fingerprint density at radius 2 is 2.07 bits per heavy atom. The van der Waals surface area contributed by atoms with Gasteiger partial charge in [-0.15, -0.1) is 0 Å². The molecule has 0 atom stereocenters. The van der Waals surface area contributed by atoms with Crippen molar-refractivity contribution in [3.63, 3.8) is 0 Å². The van der Waals surface area contributed by atoms with Gasteiger partial charge in [-0.25, -0.2) is 4.98 Å². The zero-order valence-electron chi connectivity index (χ0n) is 8.83. The maximum Gasteiger partial charge on any atom is 0.132 e. The third-order valence-corrected chi connectivity index (χ3v) is 2.88. The summed E-state index contributed by atoms with van der Waals surface area (Å²) in [5.41, 5.74) is 2.14. The van der Waals surface area contributed by atoms with Crippen LogP contribution in [-0.4, -0.2) is 4.98 Å². The van der Waals surface area contributed by atoms with Gasteiger partial charge in [0, 0.05) is 5.39 Å². The highest BCUT2D eigenvalue weighted by atomic mass is 35.5. The van der Waals surface area contributed by atoms with Crippen molar-refractivity contribution in [2.75, 3.05) is 0 Å². The van der Waals surface area contributed by atoms with Gasteiger partial charge >= 0.3 is 0 Å². The highest BCUT2D eigenvalue weighted by Crippen LogP contribution is 2.21. The summed E-state index contributed by atoms with van der Waals surface area (Å²) in [7, 11) is 0. The van der Waals surface area contributed by atoms with E-state index in [9.17, 15) is 0 Å². The van der Waals surface area contributed by atoms with Crippen molar-refractivity contribution in [2.24, 2.45) is 0 Å². The monoisotopic (exact) mass is 219 g/mol. The van der Waals surface area contributed by atoms with Gasteiger partial charge in [-0.1, -0.05) is 43.1 Å². The number of unbranched alkanes of at least 4 members (excludes halogenated alkanes) is 1. The van der Waals surface area contributed by atoms with Gasteiger partial charge < -0.3 is 0 Å². The molecule has 0 spiro atoms. The van der Waals surface area contributed by atoms with Gasteiger partial charge in [-0.2, -0.15) is 0 Å². The molecule has 0 fully saturated rings. The van der Waals surface area contributed by atoms with Gasteiger partial charge in [0.2, 0.25) is 0 Å². The Kier molecular flexibility index (Phi) is 3.22. The quantitative estimate of drug-likeness (QED) is 0.704. The largest absolute Gasteiger partial charge is 0.236 e. The number of hydrogen-bond acceptors (Lipinski definition) is 1. The predicted octanol–water partition coefficient (Wildman–Crippen LogP) is 4.23. The van der Waals surface area contributed by atoms with Crippen LogP contribution in [0.1, 0.15) is 25.3 Å². The summed E-state index contributed by atoms with van der Waals surface area (Å²) in [6.45, 7) is 2.18. The van der Waals surface area contributed by atoms with Crippen LogP contribution in [0.5, 0.6) is 0 Å². The molecule has 2 rings (SSSR count). The van der Waals surface area contributed by atoms with Gasteiger partial charge in [0.05, 0.1) is 5.52 Å². The van der Waals surface area contributed by atoms with Gasteiger partial charge in [-0.3, -0.25) is 0 Å². The summed E-state index contributed by atoms with van der Waals surface area (Å²) >= 11 is 6.13. The lowest BCUT2D eigenvalue weighted by Crippen LogP contribution is -1.90. The first-order valence-corrected chi connectivity index (χ1v) is 5.73. The number of pyridine rings is 1. The highest BCUT2D eigenvalue weighted by molar-refractivity contribution is 6.30. The van der Waals surface area contributed by atoms with Crippen molar-refractivity contribution in [1.29, 1.82) is 0 Å². The van der Waals surface area contributed by atoms with Gasteiger partial charge in [0.1, 0.15) is 5.15 Å². The van der Waals surface area contributed by atoms with E-state index in [0.717, 1.165) is 17.5 Å². The van der Waals surface area contributed by atoms with E-state index in [-0.39, 0.29) is 0 Å². The molecule has 0 aliphatic rings. The second-order valence-electron chi connectivity index (χ2n) is 3.73. The van der Waals surface area contributed by atoms with Crippen molar-refractivity contribution in [1.82, 2.24) is 4.98 Å². The lowest BCUT2D eigenvalue weighted by molar-refractivity contribution is 0.793. The molecule has 15 heavy (non-hydrogen) atoms. The molecule has 2 aromatic rings. The lowest BCUT2D eigenvalue weighted by Gasteiger charge is -2.04. The van der Waals surface area contributed by atoms with Gasteiger partial charge in [0.15, 0.2) is 0 Å². The number of aryl methyl sites for hydroxylation is 1. The maximum absolute atomic E-state index is 6.13. The van der Waals surface area contributed by atoms with Gasteiger partial charge in [-0.05, 0) is 30.5 Å². The molecule has 0 bridgehead atoms. The van der Waals surface area contributed by atoms with Crippen LogP contribution in [0.3, 0.4) is 0 Å². The summed E-state index contributed by atoms with van der Waals surface area (Å²) in [4.78, 5) is 4.39. The standard InChI is InChI=1S/C13H14ClN/c1-2-3-6-11-9-10-7-4-5-8-12(10)15-13(11)14/h4-5,7-9H,2-3,6H2,1H3. The number of para-hydroxylation sites is 1. The molecule has 0 saturated heterocycles. The topological polar surface area (TPSA) is 12.9 Å². The first-order valence-electron chi connectivity index (χ1n) is 5.35. The molecule has 1 aromatic heterocycles. The number of benzene rings is 1. The van der Waals surface area contributed by atoms with Crippen LogP contribution in [0.25, 0.3) is 10.9 Å². The average molecular weight is 220 g/mol. The molecule has 0 aliphatic heterocycles. The molecule has 0 unspecified atom stereocenters. The second-order valence-corrected chi connectivity index (χ2v) is 4.09. The Morgan fingerprint density at radius 1 is 1.27 bits per heavy atom. The van der Waals surface area contributed by atoms with E-state index in [0.29, 0.717) is 5.15 Å². The average Bonchev–Trinajstić information content (AvgIpc) is 2.26. The van der Waals surface area contributed by atoms with Crippen LogP contribution < -0.4 is 0 Å². The number of halogens is 1. The first-order chi connectivity index (χ1) is 7.31. The summed E-state index contributed by atoms with van der Waals surface area (Å²) in [5.74, 6) is 0. The summed E-state index contributed by atoms with van der Waals surface area (Å²) < 4.78 is 0. The molecule has 0 saturated carbocycles. The highest BCUT2D eigenvalue weighted by Gasteiger charge is 2.03. The molecule has 2 heteroatoms. The summed E-state index contributed by atoms with van der Waals surface area (Å²) in [6, 6.07) is 10.2. The van der Waals surface area contributed by atoms with Gasteiger partial charge in [0.25, 0.3) is 0 Å². The number of nitrogens with zero attached hydrogens (tertiary/aromatic N) is 1. The molecule has 0 N–H and O–H groups in total. The number of rotatable bonds is 3. The molecule has 1 nitrogen and oxygen atoms in total. The van der Waals surface area contributed by atoms with Crippen LogP contribution in [0, 0.1) is 0 Å². The minimum Gasteiger partial charge on any atom is -0.236 e. The molecule has 0 amide bonds. The normalized spacial score (nSPS) is 10.8. The minimum absolute atomic E-state index is 0.655. The third kappa shape index (κ3) is 2.29. The van der Waals surface area contributed by atoms with E-state index in [4.69, 9.17) is 11.6 Å². The Hall–Kier alpha value is -1.08. The molecule has 1 heterocycles. The van der Waals surface area contributed by atoms with Crippen LogP contribution >= 0.6 is 11.6 Å². The number of aromatic nitrogens is 1. The molecular weight excluding hydrogens is 206 g/mol.